The van der Waals surface area contributed by atoms with Gasteiger partial charge < -0.3 is 9.47 Å². The maximum atomic E-state index is 10.7. The fourth-order valence-corrected chi connectivity index (χ4v) is 3.23. The lowest BCUT2D eigenvalue weighted by Crippen LogP contribution is -2.00. The Labute approximate surface area is 193 Å². The van der Waals surface area contributed by atoms with Gasteiger partial charge in [-0.2, -0.15) is 5.10 Å². The van der Waals surface area contributed by atoms with Gasteiger partial charge in [-0.3, -0.25) is 15.5 Å². The van der Waals surface area contributed by atoms with E-state index in [-0.39, 0.29) is 12.3 Å². The number of anilines is 1. The van der Waals surface area contributed by atoms with Gasteiger partial charge in [-0.1, -0.05) is 34.8 Å². The Balaban J connectivity index is 1.67. The van der Waals surface area contributed by atoms with Crippen molar-refractivity contribution in [1.29, 1.82) is 0 Å². The molecule has 7 nitrogen and oxygen atoms in total. The summed E-state index contributed by atoms with van der Waals surface area (Å²) in [5.41, 5.74) is 4.76. The normalized spacial score (nSPS) is 10.8. The highest BCUT2D eigenvalue weighted by molar-refractivity contribution is 6.44. The third-order valence-corrected chi connectivity index (χ3v) is 5.38. The molecule has 0 saturated heterocycles. The van der Waals surface area contributed by atoms with Crippen molar-refractivity contribution in [3.8, 4) is 11.5 Å². The van der Waals surface area contributed by atoms with Crippen molar-refractivity contribution in [3.05, 3.63) is 90.9 Å². The summed E-state index contributed by atoms with van der Waals surface area (Å²) in [6.45, 7) is 0.115. The number of nitrogens with one attached hydrogen (secondary N) is 1. The zero-order valence-electron chi connectivity index (χ0n) is 16.1. The van der Waals surface area contributed by atoms with Gasteiger partial charge in [-0.25, -0.2) is 0 Å². The molecule has 1 N–H and O–H groups in total. The van der Waals surface area contributed by atoms with Gasteiger partial charge in [-0.15, -0.1) is 0 Å². The Bertz CT molecular complexity index is 1120. The lowest BCUT2D eigenvalue weighted by Gasteiger charge is -2.13. The third kappa shape index (κ3) is 5.79. The van der Waals surface area contributed by atoms with E-state index in [2.05, 4.69) is 10.5 Å². The van der Waals surface area contributed by atoms with E-state index in [9.17, 15) is 10.1 Å². The third-order valence-electron chi connectivity index (χ3n) is 4.18. The molecule has 0 aliphatic rings. The summed E-state index contributed by atoms with van der Waals surface area (Å²) in [5, 5.41) is 16.0. The molecule has 3 rings (SSSR count). The fourth-order valence-electron chi connectivity index (χ4n) is 2.57. The predicted octanol–water partition coefficient (Wildman–Crippen LogP) is 6.59. The largest absolute Gasteiger partial charge is 0.493 e. The van der Waals surface area contributed by atoms with Crippen LogP contribution in [0.2, 0.25) is 15.1 Å². The lowest BCUT2D eigenvalue weighted by molar-refractivity contribution is -0.384. The van der Waals surface area contributed by atoms with Gasteiger partial charge in [0.05, 0.1) is 34.0 Å². The number of benzene rings is 3. The van der Waals surface area contributed by atoms with Gasteiger partial charge in [0.15, 0.2) is 11.5 Å². The number of ether oxygens (including phenoxy) is 2. The molecule has 0 aliphatic heterocycles. The van der Waals surface area contributed by atoms with Crippen molar-refractivity contribution in [3.63, 3.8) is 0 Å². The van der Waals surface area contributed by atoms with E-state index < -0.39 is 4.92 Å². The second-order valence-electron chi connectivity index (χ2n) is 6.19. The van der Waals surface area contributed by atoms with Gasteiger partial charge in [0.1, 0.15) is 6.61 Å². The van der Waals surface area contributed by atoms with E-state index in [4.69, 9.17) is 44.3 Å². The highest BCUT2D eigenvalue weighted by Gasteiger charge is 2.12. The molecule has 0 aromatic heterocycles. The van der Waals surface area contributed by atoms with Crippen molar-refractivity contribution in [2.24, 2.45) is 5.10 Å². The lowest BCUT2D eigenvalue weighted by atomic mass is 10.2. The predicted molar refractivity (Wildman–Crippen MR) is 123 cm³/mol. The van der Waals surface area contributed by atoms with Crippen molar-refractivity contribution < 1.29 is 14.4 Å². The first-order chi connectivity index (χ1) is 14.9. The van der Waals surface area contributed by atoms with Crippen LogP contribution in [0.3, 0.4) is 0 Å². The Hall–Kier alpha value is -3.00. The van der Waals surface area contributed by atoms with E-state index in [1.165, 1.54) is 19.2 Å². The van der Waals surface area contributed by atoms with Gasteiger partial charge in [0.25, 0.3) is 5.69 Å². The van der Waals surface area contributed by atoms with Gasteiger partial charge >= 0.3 is 0 Å². The number of rotatable bonds is 8. The van der Waals surface area contributed by atoms with E-state index in [1.807, 2.05) is 0 Å². The standard InChI is InChI=1S/C21H16Cl3N3O4/c1-30-20-10-13(11-25-26-14-3-5-15(6-4-14)27(28)29)2-9-19(20)31-12-16-17(22)7-8-18(23)21(16)24/h2-11,26H,12H2,1H3. The monoisotopic (exact) mass is 479 g/mol. The van der Waals surface area contributed by atoms with Crippen molar-refractivity contribution in [2.75, 3.05) is 12.5 Å². The molecule has 160 valence electrons. The summed E-state index contributed by atoms with van der Waals surface area (Å²) in [7, 11) is 1.53. The molecule has 10 heteroatoms. The zero-order chi connectivity index (χ0) is 22.4. The summed E-state index contributed by atoms with van der Waals surface area (Å²) in [6.07, 6.45) is 1.58. The highest BCUT2D eigenvalue weighted by Crippen LogP contribution is 2.34. The molecule has 31 heavy (non-hydrogen) atoms. The summed E-state index contributed by atoms with van der Waals surface area (Å²) in [6, 6.07) is 14.5. The van der Waals surface area contributed by atoms with Crippen molar-refractivity contribution in [2.45, 2.75) is 6.61 Å². The fraction of sp³-hybridized carbons (Fsp3) is 0.0952. The minimum Gasteiger partial charge on any atom is -0.493 e. The topological polar surface area (TPSA) is 86.0 Å². The summed E-state index contributed by atoms with van der Waals surface area (Å²) >= 11 is 18.4. The zero-order valence-corrected chi connectivity index (χ0v) is 18.4. The smallest absolute Gasteiger partial charge is 0.269 e. The molecule has 0 radical (unpaired) electrons. The van der Waals surface area contributed by atoms with Crippen LogP contribution in [0.5, 0.6) is 11.5 Å². The van der Waals surface area contributed by atoms with E-state index >= 15 is 0 Å². The Morgan fingerprint density at radius 1 is 1.03 bits per heavy atom. The quantitative estimate of drug-likeness (QED) is 0.170. The number of halogens is 3. The van der Waals surface area contributed by atoms with Crippen LogP contribution in [0.1, 0.15) is 11.1 Å². The average Bonchev–Trinajstić information content (AvgIpc) is 2.77. The van der Waals surface area contributed by atoms with Crippen LogP contribution < -0.4 is 14.9 Å². The minimum absolute atomic E-state index is 0.00945. The van der Waals surface area contributed by atoms with E-state index in [0.29, 0.717) is 37.8 Å². The van der Waals surface area contributed by atoms with Gasteiger partial charge in [0, 0.05) is 22.7 Å². The molecule has 0 atom stereocenters. The molecular formula is C21H16Cl3N3O4. The molecule has 0 fully saturated rings. The average molecular weight is 481 g/mol. The first kappa shape index (κ1) is 22.7. The molecule has 0 aliphatic carbocycles. The van der Waals surface area contributed by atoms with Crippen LogP contribution >= 0.6 is 34.8 Å². The molecule has 0 heterocycles. The Kier molecular flexibility index (Phi) is 7.57. The number of non-ortho nitro benzene ring substituents is 1. The van der Waals surface area contributed by atoms with Crippen LogP contribution in [-0.2, 0) is 6.61 Å². The number of hydrazone groups is 1. The van der Waals surface area contributed by atoms with Crippen LogP contribution in [0, 0.1) is 10.1 Å². The van der Waals surface area contributed by atoms with Crippen molar-refractivity contribution in [1.82, 2.24) is 0 Å². The summed E-state index contributed by atoms with van der Waals surface area (Å²) in [5.74, 6) is 0.989. The van der Waals surface area contributed by atoms with Crippen LogP contribution in [-0.4, -0.2) is 18.2 Å². The first-order valence-corrected chi connectivity index (χ1v) is 9.99. The molecule has 0 saturated carbocycles. The molecule has 0 amide bonds. The first-order valence-electron chi connectivity index (χ1n) is 8.85. The molecule has 0 spiro atoms. The summed E-state index contributed by atoms with van der Waals surface area (Å²) < 4.78 is 11.2. The number of nitro groups is 1. The van der Waals surface area contributed by atoms with Crippen molar-refractivity contribution >= 4 is 52.4 Å². The molecule has 0 bridgehead atoms. The molecule has 3 aromatic rings. The molecule has 3 aromatic carbocycles. The highest BCUT2D eigenvalue weighted by atomic mass is 35.5. The van der Waals surface area contributed by atoms with Crippen LogP contribution in [0.4, 0.5) is 11.4 Å². The Morgan fingerprint density at radius 3 is 2.42 bits per heavy atom. The van der Waals surface area contributed by atoms with E-state index in [1.54, 1.807) is 48.7 Å². The number of hydrogen-bond donors (Lipinski definition) is 1. The number of hydrogen-bond acceptors (Lipinski definition) is 6. The minimum atomic E-state index is -0.461. The second kappa shape index (κ2) is 10.3. The summed E-state index contributed by atoms with van der Waals surface area (Å²) in [4.78, 5) is 10.2. The van der Waals surface area contributed by atoms with Gasteiger partial charge in [-0.05, 0) is 48.0 Å². The maximum Gasteiger partial charge on any atom is 0.269 e. The van der Waals surface area contributed by atoms with Gasteiger partial charge in [0.2, 0.25) is 0 Å². The van der Waals surface area contributed by atoms with E-state index in [0.717, 1.165) is 5.56 Å². The maximum absolute atomic E-state index is 10.7. The van der Waals surface area contributed by atoms with Crippen LogP contribution in [0.15, 0.2) is 59.7 Å². The SMILES string of the molecule is COc1cc(C=NNc2ccc([N+](=O)[O-])cc2)ccc1OCc1c(Cl)ccc(Cl)c1Cl. The molecule has 0 unspecified atom stereocenters. The van der Waals surface area contributed by atoms with Crippen LogP contribution in [0.25, 0.3) is 0 Å². The molecular weight excluding hydrogens is 465 g/mol. The number of methoxy groups -OCH3 is 1. The number of nitro benzene ring substituents is 1. The number of nitrogens with zero attached hydrogens (tertiary/aromatic N) is 2. The Morgan fingerprint density at radius 2 is 1.74 bits per heavy atom. The second-order valence-corrected chi connectivity index (χ2v) is 7.39.